The van der Waals surface area contributed by atoms with Gasteiger partial charge in [-0.05, 0) is 49.4 Å². The molecule has 0 amide bonds. The van der Waals surface area contributed by atoms with Crippen molar-refractivity contribution in [1.29, 1.82) is 0 Å². The Balaban J connectivity index is 1.92. The van der Waals surface area contributed by atoms with Gasteiger partial charge >= 0.3 is 11.9 Å². The molecule has 0 bridgehead atoms. The van der Waals surface area contributed by atoms with Gasteiger partial charge in [-0.15, -0.1) is 0 Å². The topological polar surface area (TPSA) is 65.1 Å². The van der Waals surface area contributed by atoms with Crippen molar-refractivity contribution in [3.63, 3.8) is 0 Å². The first-order chi connectivity index (χ1) is 12.0. The van der Waals surface area contributed by atoms with Crippen molar-refractivity contribution in [3.05, 3.63) is 24.3 Å². The highest BCUT2D eigenvalue weighted by Gasteiger charge is 2.38. The van der Waals surface area contributed by atoms with E-state index in [-0.39, 0.29) is 11.9 Å². The molecule has 0 aliphatic carbocycles. The van der Waals surface area contributed by atoms with Crippen LogP contribution in [-0.4, -0.2) is 44.8 Å². The Labute approximate surface area is 149 Å². The highest BCUT2D eigenvalue weighted by molar-refractivity contribution is 5.66. The summed E-state index contributed by atoms with van der Waals surface area (Å²) in [7, 11) is 1.65. The summed E-state index contributed by atoms with van der Waals surface area (Å²) in [6, 6.07) is 8.38. The fraction of sp³-hybridized carbons (Fsp3) is 0.579. The first kappa shape index (κ1) is 19.1. The molecule has 0 saturated carbocycles. The lowest BCUT2D eigenvalue weighted by Crippen LogP contribution is -2.56. The Morgan fingerprint density at radius 2 is 1.68 bits per heavy atom. The van der Waals surface area contributed by atoms with Crippen molar-refractivity contribution in [3.8, 4) is 5.75 Å². The molecule has 1 saturated heterocycles. The number of hydrogen-bond acceptors (Lipinski definition) is 6. The molecule has 25 heavy (non-hydrogen) atoms. The molecule has 1 aliphatic rings. The van der Waals surface area contributed by atoms with Crippen molar-refractivity contribution in [2.75, 3.05) is 31.8 Å². The number of rotatable bonds is 9. The Hall–Kier alpha value is -2.24. The van der Waals surface area contributed by atoms with Crippen molar-refractivity contribution in [1.82, 2.24) is 0 Å². The van der Waals surface area contributed by atoms with E-state index in [4.69, 9.17) is 14.2 Å². The smallest absolute Gasteiger partial charge is 0.302 e. The van der Waals surface area contributed by atoms with Crippen LogP contribution in [0.1, 0.15) is 33.1 Å². The van der Waals surface area contributed by atoms with Gasteiger partial charge in [0.25, 0.3) is 0 Å². The molecule has 0 spiro atoms. The number of carbonyl (C=O) groups excluding carboxylic acids is 2. The van der Waals surface area contributed by atoms with Gasteiger partial charge in [0, 0.05) is 32.1 Å². The monoisotopic (exact) mass is 349 g/mol. The molecule has 0 N–H and O–H groups in total. The van der Waals surface area contributed by atoms with E-state index >= 15 is 0 Å². The van der Waals surface area contributed by atoms with Crippen LogP contribution in [0.15, 0.2) is 24.3 Å². The second-order valence-electron chi connectivity index (χ2n) is 6.29. The van der Waals surface area contributed by atoms with Gasteiger partial charge in [-0.2, -0.15) is 0 Å². The molecule has 6 nitrogen and oxygen atoms in total. The summed E-state index contributed by atoms with van der Waals surface area (Å²) in [4.78, 5) is 24.2. The molecule has 1 aromatic carbocycles. The van der Waals surface area contributed by atoms with Gasteiger partial charge < -0.3 is 19.1 Å². The minimum Gasteiger partial charge on any atom is -0.497 e. The lowest BCUT2D eigenvalue weighted by molar-refractivity contribution is -0.142. The molecule has 1 heterocycles. The largest absolute Gasteiger partial charge is 0.497 e. The Morgan fingerprint density at radius 1 is 1.04 bits per heavy atom. The minimum atomic E-state index is -0.243. The molecule has 6 heteroatoms. The molecule has 0 unspecified atom stereocenters. The average molecular weight is 349 g/mol. The summed E-state index contributed by atoms with van der Waals surface area (Å²) in [5, 5.41) is 0. The van der Waals surface area contributed by atoms with Gasteiger partial charge in [0.1, 0.15) is 5.75 Å². The third-order valence-corrected chi connectivity index (χ3v) is 4.52. The average Bonchev–Trinajstić information content (AvgIpc) is 2.57. The lowest BCUT2D eigenvalue weighted by Gasteiger charge is -2.50. The zero-order chi connectivity index (χ0) is 18.2. The summed E-state index contributed by atoms with van der Waals surface area (Å²) in [6.07, 6.45) is 2.61. The number of anilines is 1. The molecule has 2 rings (SSSR count). The summed E-state index contributed by atoms with van der Waals surface area (Å²) in [6.45, 7) is 4.69. The van der Waals surface area contributed by atoms with Crippen LogP contribution in [0, 0.1) is 5.92 Å². The van der Waals surface area contributed by atoms with Gasteiger partial charge in [-0.1, -0.05) is 0 Å². The zero-order valence-corrected chi connectivity index (χ0v) is 15.2. The van der Waals surface area contributed by atoms with Gasteiger partial charge in [-0.3, -0.25) is 9.59 Å². The van der Waals surface area contributed by atoms with E-state index in [9.17, 15) is 9.59 Å². The maximum atomic E-state index is 10.9. The third-order valence-electron chi connectivity index (χ3n) is 4.52. The van der Waals surface area contributed by atoms with Crippen LogP contribution in [0.3, 0.4) is 0 Å². The van der Waals surface area contributed by atoms with E-state index in [0.29, 0.717) is 25.2 Å². The van der Waals surface area contributed by atoms with E-state index in [2.05, 4.69) is 17.0 Å². The highest BCUT2D eigenvalue weighted by Crippen LogP contribution is 2.36. The number of ether oxygens (including phenoxy) is 3. The van der Waals surface area contributed by atoms with Gasteiger partial charge in [0.05, 0.1) is 20.3 Å². The van der Waals surface area contributed by atoms with Gasteiger partial charge in [-0.25, -0.2) is 0 Å². The summed E-state index contributed by atoms with van der Waals surface area (Å²) >= 11 is 0. The number of hydrogen-bond donors (Lipinski definition) is 0. The van der Waals surface area contributed by atoms with Crippen LogP contribution in [0.4, 0.5) is 5.69 Å². The fourth-order valence-corrected chi connectivity index (χ4v) is 3.23. The normalized spacial score (nSPS) is 19.1. The number of methoxy groups -OCH3 is 1. The van der Waals surface area contributed by atoms with Gasteiger partial charge in [0.2, 0.25) is 0 Å². The van der Waals surface area contributed by atoms with E-state index in [0.717, 1.165) is 37.2 Å². The maximum Gasteiger partial charge on any atom is 0.302 e. The molecule has 0 radical (unpaired) electrons. The van der Waals surface area contributed by atoms with Crippen molar-refractivity contribution in [2.45, 2.75) is 39.2 Å². The van der Waals surface area contributed by atoms with E-state index in [1.165, 1.54) is 13.8 Å². The molecule has 1 fully saturated rings. The van der Waals surface area contributed by atoms with Gasteiger partial charge in [0.15, 0.2) is 0 Å². The van der Waals surface area contributed by atoms with Crippen LogP contribution in [0.2, 0.25) is 0 Å². The maximum absolute atomic E-state index is 10.9. The van der Waals surface area contributed by atoms with Crippen molar-refractivity contribution < 1.29 is 23.8 Å². The van der Waals surface area contributed by atoms with Crippen LogP contribution in [-0.2, 0) is 19.1 Å². The summed E-state index contributed by atoms with van der Waals surface area (Å²) < 4.78 is 15.3. The molecule has 2 atom stereocenters. The van der Waals surface area contributed by atoms with E-state index in [1.807, 2.05) is 12.1 Å². The zero-order valence-electron chi connectivity index (χ0n) is 15.2. The Morgan fingerprint density at radius 3 is 2.28 bits per heavy atom. The summed E-state index contributed by atoms with van der Waals surface area (Å²) in [5.41, 5.74) is 1.15. The third kappa shape index (κ3) is 5.66. The first-order valence-corrected chi connectivity index (χ1v) is 8.68. The van der Waals surface area contributed by atoms with Crippen LogP contribution < -0.4 is 9.64 Å². The Kier molecular flexibility index (Phi) is 7.10. The molecule has 0 aromatic heterocycles. The minimum absolute atomic E-state index is 0.238. The molecular formula is C19H27NO5. The number of esters is 2. The van der Waals surface area contributed by atoms with Crippen LogP contribution in [0.5, 0.6) is 5.75 Å². The van der Waals surface area contributed by atoms with Crippen LogP contribution >= 0.6 is 0 Å². The number of carbonyl (C=O) groups is 2. The molecule has 1 aliphatic heterocycles. The number of nitrogens with zero attached hydrogens (tertiary/aromatic N) is 1. The second-order valence-corrected chi connectivity index (χ2v) is 6.29. The van der Waals surface area contributed by atoms with E-state index in [1.54, 1.807) is 7.11 Å². The standard InChI is InChI=1S/C19H27NO5/c1-14(21)24-11-4-5-19-16(10-12-25-15(2)22)13-20(19)17-6-8-18(23-3)9-7-17/h6-9,16,19H,4-5,10-13H2,1-3H3/t16-,19+/m1/s1. The van der Waals surface area contributed by atoms with Crippen molar-refractivity contribution in [2.24, 2.45) is 5.92 Å². The molecule has 138 valence electrons. The lowest BCUT2D eigenvalue weighted by atomic mass is 9.82. The van der Waals surface area contributed by atoms with Crippen molar-refractivity contribution >= 4 is 17.6 Å². The Bertz CT molecular complexity index is 572. The first-order valence-electron chi connectivity index (χ1n) is 8.68. The fourth-order valence-electron chi connectivity index (χ4n) is 3.23. The number of benzene rings is 1. The van der Waals surface area contributed by atoms with Crippen LogP contribution in [0.25, 0.3) is 0 Å². The molecule has 1 aromatic rings. The van der Waals surface area contributed by atoms with E-state index < -0.39 is 0 Å². The SMILES string of the molecule is COc1ccc(N2C[C@@H](CCOC(C)=O)[C@@H]2CCCOC(C)=O)cc1. The predicted molar refractivity (Wildman–Crippen MR) is 94.7 cm³/mol. The second kappa shape index (κ2) is 9.30. The predicted octanol–water partition coefficient (Wildman–Crippen LogP) is 2.80. The highest BCUT2D eigenvalue weighted by atomic mass is 16.5. The summed E-state index contributed by atoms with van der Waals surface area (Å²) in [5.74, 6) is 0.825. The quantitative estimate of drug-likeness (QED) is 0.504. The molecular weight excluding hydrogens is 322 g/mol.